The average molecular weight is 171 g/mol. The van der Waals surface area contributed by atoms with Gasteiger partial charge in [0.15, 0.2) is 0 Å². The lowest BCUT2D eigenvalue weighted by Crippen LogP contribution is -2.28. The largest absolute Gasteiger partial charge is 0.415 e. The van der Waals surface area contributed by atoms with Gasteiger partial charge in [0.2, 0.25) is 0 Å². The van der Waals surface area contributed by atoms with Crippen LogP contribution in [0.2, 0.25) is 0 Å². The molecule has 1 unspecified atom stereocenters. The van der Waals surface area contributed by atoms with Crippen molar-refractivity contribution in [2.24, 2.45) is 0 Å². The minimum Gasteiger partial charge on any atom is -0.375 e. The van der Waals surface area contributed by atoms with Crippen molar-refractivity contribution in [2.45, 2.75) is 25.8 Å². The summed E-state index contributed by atoms with van der Waals surface area (Å²) in [5.41, 5.74) is 0. The molecule has 0 bridgehead atoms. The summed E-state index contributed by atoms with van der Waals surface area (Å²) in [4.78, 5) is 31.8. The molecule has 5 heteroatoms. The van der Waals surface area contributed by atoms with E-state index in [1.807, 2.05) is 0 Å². The number of nitrogens with one attached hydrogen (secondary N) is 1. The van der Waals surface area contributed by atoms with Crippen LogP contribution in [0.15, 0.2) is 0 Å². The minimum atomic E-state index is -0.728. The van der Waals surface area contributed by atoms with Gasteiger partial charge in [-0.25, -0.2) is 9.59 Å². The maximum Gasteiger partial charge on any atom is 0.415 e. The number of hydrogen-bond donors (Lipinski definition) is 1. The minimum absolute atomic E-state index is 0.0102. The maximum atomic E-state index is 10.8. The van der Waals surface area contributed by atoms with E-state index in [-0.39, 0.29) is 12.2 Å². The van der Waals surface area contributed by atoms with Crippen molar-refractivity contribution in [2.75, 3.05) is 0 Å². The van der Waals surface area contributed by atoms with E-state index < -0.39 is 18.1 Å². The van der Waals surface area contributed by atoms with Crippen LogP contribution in [0, 0.1) is 0 Å². The second-order valence-electron chi connectivity index (χ2n) is 2.65. The van der Waals surface area contributed by atoms with Gasteiger partial charge in [-0.2, -0.15) is 0 Å². The lowest BCUT2D eigenvalue weighted by atomic mass is 10.1. The Bertz CT molecular complexity index is 236. The first-order valence-corrected chi connectivity index (χ1v) is 3.61. The van der Waals surface area contributed by atoms with Gasteiger partial charge in [-0.1, -0.05) is 0 Å². The van der Waals surface area contributed by atoms with Crippen molar-refractivity contribution >= 4 is 17.8 Å². The standard InChI is InChI=1S/C7H9NO4/c1-4(9)2-3-5-6(10)12-7(11)8-5/h5H,2-3H2,1H3,(H,8,11). The van der Waals surface area contributed by atoms with E-state index >= 15 is 0 Å². The summed E-state index contributed by atoms with van der Waals surface area (Å²) < 4.78 is 4.21. The van der Waals surface area contributed by atoms with E-state index in [0.717, 1.165) is 0 Å². The predicted molar refractivity (Wildman–Crippen MR) is 38.3 cm³/mol. The summed E-state index contributed by atoms with van der Waals surface area (Å²) in [7, 11) is 0. The van der Waals surface area contributed by atoms with Crippen molar-refractivity contribution in [1.29, 1.82) is 0 Å². The third-order valence-corrected chi connectivity index (χ3v) is 1.55. The fourth-order valence-corrected chi connectivity index (χ4v) is 0.931. The van der Waals surface area contributed by atoms with Gasteiger partial charge >= 0.3 is 12.1 Å². The number of hydrogen-bond acceptors (Lipinski definition) is 4. The second-order valence-corrected chi connectivity index (χ2v) is 2.65. The van der Waals surface area contributed by atoms with Crippen molar-refractivity contribution < 1.29 is 19.1 Å². The number of ketones is 1. The molecule has 0 aromatic heterocycles. The first kappa shape index (κ1) is 8.70. The van der Waals surface area contributed by atoms with Crippen LogP contribution in [0.4, 0.5) is 4.79 Å². The van der Waals surface area contributed by atoms with Gasteiger partial charge in [0, 0.05) is 6.42 Å². The highest BCUT2D eigenvalue weighted by atomic mass is 16.6. The first-order valence-electron chi connectivity index (χ1n) is 3.61. The molecule has 1 aliphatic rings. The molecule has 0 spiro atoms. The lowest BCUT2D eigenvalue weighted by Gasteiger charge is -2.01. The molecule has 1 saturated heterocycles. The highest BCUT2D eigenvalue weighted by molar-refractivity contribution is 5.95. The Labute approximate surface area is 69.1 Å². The highest BCUT2D eigenvalue weighted by Crippen LogP contribution is 2.06. The first-order chi connectivity index (χ1) is 5.59. The molecular formula is C7H9NO4. The number of Topliss-reactive ketones (excluding diaryl/α,β-unsaturated/α-hetero) is 1. The molecule has 1 atom stereocenters. The van der Waals surface area contributed by atoms with Gasteiger partial charge in [-0.05, 0) is 13.3 Å². The monoisotopic (exact) mass is 171 g/mol. The zero-order valence-electron chi connectivity index (χ0n) is 6.62. The molecule has 0 aromatic rings. The number of carbonyl (C=O) groups is 3. The number of cyclic esters (lactones) is 2. The van der Waals surface area contributed by atoms with Crippen LogP contribution in [0.3, 0.4) is 0 Å². The number of rotatable bonds is 3. The predicted octanol–water partition coefficient (Wildman–Crippen LogP) is -0.00940. The summed E-state index contributed by atoms with van der Waals surface area (Å²) >= 11 is 0. The molecule has 0 saturated carbocycles. The van der Waals surface area contributed by atoms with Crippen molar-refractivity contribution in [1.82, 2.24) is 5.32 Å². The molecule has 0 aromatic carbocycles. The number of alkyl carbamates (subject to hydrolysis) is 1. The average Bonchev–Trinajstić information content (AvgIpc) is 2.26. The van der Waals surface area contributed by atoms with Gasteiger partial charge < -0.3 is 14.8 Å². The number of ether oxygens (including phenoxy) is 1. The molecule has 1 N–H and O–H groups in total. The number of carbonyl (C=O) groups excluding carboxylic acids is 3. The molecule has 1 rings (SSSR count). The Hall–Kier alpha value is -1.39. The summed E-state index contributed by atoms with van der Waals surface area (Å²) in [5, 5.41) is 2.30. The van der Waals surface area contributed by atoms with Crippen molar-refractivity contribution in [3.63, 3.8) is 0 Å². The van der Waals surface area contributed by atoms with Gasteiger partial charge in [0.05, 0.1) is 0 Å². The molecule has 0 aliphatic carbocycles. The van der Waals surface area contributed by atoms with Crippen LogP contribution in [0.5, 0.6) is 0 Å². The highest BCUT2D eigenvalue weighted by Gasteiger charge is 2.31. The molecule has 1 heterocycles. The quantitative estimate of drug-likeness (QED) is 0.478. The third kappa shape index (κ3) is 2.05. The van der Waals surface area contributed by atoms with E-state index in [1.165, 1.54) is 6.92 Å². The van der Waals surface area contributed by atoms with Crippen LogP contribution in [-0.2, 0) is 14.3 Å². The van der Waals surface area contributed by atoms with Gasteiger partial charge in [0.25, 0.3) is 0 Å². The van der Waals surface area contributed by atoms with E-state index in [0.29, 0.717) is 6.42 Å². The fraction of sp³-hybridized carbons (Fsp3) is 0.571. The fourth-order valence-electron chi connectivity index (χ4n) is 0.931. The molecular weight excluding hydrogens is 162 g/mol. The van der Waals surface area contributed by atoms with Crippen LogP contribution in [0.25, 0.3) is 0 Å². The summed E-state index contributed by atoms with van der Waals surface area (Å²) in [6, 6.07) is -0.638. The van der Waals surface area contributed by atoms with Gasteiger partial charge in [-0.15, -0.1) is 0 Å². The van der Waals surface area contributed by atoms with Crippen molar-refractivity contribution in [3.05, 3.63) is 0 Å². The SMILES string of the molecule is CC(=O)CCC1NC(=O)OC1=O. The Morgan fingerprint density at radius 2 is 2.25 bits per heavy atom. The molecule has 5 nitrogen and oxygen atoms in total. The molecule has 1 fully saturated rings. The third-order valence-electron chi connectivity index (χ3n) is 1.55. The maximum absolute atomic E-state index is 10.8. The van der Waals surface area contributed by atoms with Crippen molar-refractivity contribution in [3.8, 4) is 0 Å². The second kappa shape index (κ2) is 3.34. The number of esters is 1. The number of amides is 1. The Morgan fingerprint density at radius 3 is 2.67 bits per heavy atom. The summed E-state index contributed by atoms with van der Waals surface area (Å²) in [5.74, 6) is -0.606. The molecule has 12 heavy (non-hydrogen) atoms. The van der Waals surface area contributed by atoms with Crippen LogP contribution >= 0.6 is 0 Å². The van der Waals surface area contributed by atoms with Crippen LogP contribution in [0.1, 0.15) is 19.8 Å². The molecule has 1 amide bonds. The normalized spacial score (nSPS) is 21.9. The Morgan fingerprint density at radius 1 is 1.58 bits per heavy atom. The van der Waals surface area contributed by atoms with Crippen LogP contribution < -0.4 is 5.32 Å². The van der Waals surface area contributed by atoms with E-state index in [4.69, 9.17) is 0 Å². The van der Waals surface area contributed by atoms with E-state index in [9.17, 15) is 14.4 Å². The topological polar surface area (TPSA) is 72.5 Å². The molecule has 66 valence electrons. The molecule has 1 aliphatic heterocycles. The van der Waals surface area contributed by atoms with Gasteiger partial charge in [0.1, 0.15) is 11.8 Å². The summed E-state index contributed by atoms with van der Waals surface area (Å²) in [6.45, 7) is 1.43. The van der Waals surface area contributed by atoms with E-state index in [2.05, 4.69) is 10.1 Å². The summed E-state index contributed by atoms with van der Waals surface area (Å²) in [6.07, 6.45) is -0.131. The van der Waals surface area contributed by atoms with Gasteiger partial charge in [-0.3, -0.25) is 0 Å². The molecule has 0 radical (unpaired) electrons. The van der Waals surface area contributed by atoms with E-state index in [1.54, 1.807) is 0 Å². The lowest BCUT2D eigenvalue weighted by molar-refractivity contribution is -0.135. The van der Waals surface area contributed by atoms with Crippen LogP contribution in [-0.4, -0.2) is 23.9 Å². The zero-order valence-corrected chi connectivity index (χ0v) is 6.62. The smallest absolute Gasteiger partial charge is 0.375 e. The zero-order chi connectivity index (χ0) is 9.14. The Balaban J connectivity index is 2.38. The Kier molecular flexibility index (Phi) is 2.42.